The first-order chi connectivity index (χ1) is 5.79. The Kier molecular flexibility index (Phi) is 2.44. The summed E-state index contributed by atoms with van der Waals surface area (Å²) >= 11 is 0. The predicted molar refractivity (Wildman–Crippen MR) is 46.2 cm³/mol. The normalized spacial score (nSPS) is 10.8. The van der Waals surface area contributed by atoms with Gasteiger partial charge >= 0.3 is 0 Å². The molecule has 0 amide bonds. The van der Waals surface area contributed by atoms with Gasteiger partial charge in [-0.05, 0) is 25.0 Å². The van der Waals surface area contributed by atoms with E-state index in [0.717, 1.165) is 0 Å². The summed E-state index contributed by atoms with van der Waals surface area (Å²) < 4.78 is 0. The molecule has 0 aliphatic carbocycles. The van der Waals surface area contributed by atoms with E-state index in [1.54, 1.807) is 25.3 Å². The van der Waals surface area contributed by atoms with E-state index >= 15 is 0 Å². The van der Waals surface area contributed by atoms with E-state index in [-0.39, 0.29) is 0 Å². The molecule has 0 unspecified atom stereocenters. The highest BCUT2D eigenvalue weighted by molar-refractivity contribution is 5.99. The third kappa shape index (κ3) is 1.43. The monoisotopic (exact) mass is 160 g/mol. The topological polar surface area (TPSA) is 45.5 Å². The summed E-state index contributed by atoms with van der Waals surface area (Å²) in [7, 11) is 0. The van der Waals surface area contributed by atoms with Gasteiger partial charge in [-0.3, -0.25) is 0 Å². The molecule has 0 spiro atoms. The minimum Gasteiger partial charge on any atom is -0.411 e. The maximum Gasteiger partial charge on any atom is 0.122 e. The summed E-state index contributed by atoms with van der Waals surface area (Å²) in [6.07, 6.45) is 6.79. The molecule has 0 radical (unpaired) electrons. The van der Waals surface area contributed by atoms with Crippen molar-refractivity contribution in [3.8, 4) is 12.3 Å². The average molecular weight is 160 g/mol. The lowest BCUT2D eigenvalue weighted by atomic mass is 10.1. The fourth-order valence-electron chi connectivity index (χ4n) is 0.866. The second-order valence-electron chi connectivity index (χ2n) is 2.23. The Labute approximate surface area is 70.8 Å². The third-order valence-electron chi connectivity index (χ3n) is 1.48. The molecule has 3 nitrogen and oxygen atoms in total. The SMILES string of the molecule is C#Cc1ncccc1C(C)=NO. The fourth-order valence-corrected chi connectivity index (χ4v) is 0.866. The average Bonchev–Trinajstić information content (AvgIpc) is 2.16. The molecule has 1 aromatic heterocycles. The number of hydrogen-bond acceptors (Lipinski definition) is 3. The molecular weight excluding hydrogens is 152 g/mol. The van der Waals surface area contributed by atoms with Crippen LogP contribution < -0.4 is 0 Å². The molecule has 60 valence electrons. The number of aromatic nitrogens is 1. The third-order valence-corrected chi connectivity index (χ3v) is 1.48. The highest BCUT2D eigenvalue weighted by atomic mass is 16.4. The van der Waals surface area contributed by atoms with Gasteiger partial charge in [0.25, 0.3) is 0 Å². The number of nitrogens with zero attached hydrogens (tertiary/aromatic N) is 2. The Bertz CT molecular complexity index is 350. The van der Waals surface area contributed by atoms with Crippen LogP contribution in [-0.4, -0.2) is 15.9 Å². The largest absolute Gasteiger partial charge is 0.411 e. The van der Waals surface area contributed by atoms with Gasteiger partial charge in [0.1, 0.15) is 5.69 Å². The zero-order valence-electron chi connectivity index (χ0n) is 6.65. The van der Waals surface area contributed by atoms with E-state index in [1.165, 1.54) is 0 Å². The summed E-state index contributed by atoms with van der Waals surface area (Å²) in [5.41, 5.74) is 1.64. The summed E-state index contributed by atoms with van der Waals surface area (Å²) in [5.74, 6) is 2.41. The van der Waals surface area contributed by atoms with E-state index in [2.05, 4.69) is 16.1 Å². The molecule has 1 N–H and O–H groups in total. The van der Waals surface area contributed by atoms with Crippen molar-refractivity contribution in [2.45, 2.75) is 6.92 Å². The van der Waals surface area contributed by atoms with Gasteiger partial charge in [-0.25, -0.2) is 4.98 Å². The van der Waals surface area contributed by atoms with Crippen LogP contribution in [0.2, 0.25) is 0 Å². The van der Waals surface area contributed by atoms with Crippen molar-refractivity contribution in [3.63, 3.8) is 0 Å². The summed E-state index contributed by atoms with van der Waals surface area (Å²) in [6.45, 7) is 1.66. The molecule has 0 atom stereocenters. The van der Waals surface area contributed by atoms with Crippen molar-refractivity contribution in [3.05, 3.63) is 29.6 Å². The Morgan fingerprint density at radius 3 is 3.08 bits per heavy atom. The van der Waals surface area contributed by atoms with Crippen LogP contribution in [0.3, 0.4) is 0 Å². The van der Waals surface area contributed by atoms with Crippen LogP contribution >= 0.6 is 0 Å². The Balaban J connectivity index is 3.25. The fraction of sp³-hybridized carbons (Fsp3) is 0.111. The number of pyridine rings is 1. The highest BCUT2D eigenvalue weighted by Crippen LogP contribution is 2.04. The lowest BCUT2D eigenvalue weighted by Crippen LogP contribution is -1.99. The summed E-state index contributed by atoms with van der Waals surface area (Å²) in [5, 5.41) is 11.5. The lowest BCUT2D eigenvalue weighted by molar-refractivity contribution is 0.319. The summed E-state index contributed by atoms with van der Waals surface area (Å²) in [6, 6.07) is 3.50. The standard InChI is InChI=1S/C9H8N2O/c1-3-9-8(7(2)11-12)5-4-6-10-9/h1,4-6,12H,2H3. The van der Waals surface area contributed by atoms with Crippen LogP contribution in [0.4, 0.5) is 0 Å². The van der Waals surface area contributed by atoms with Gasteiger partial charge in [-0.15, -0.1) is 6.42 Å². The minimum absolute atomic E-state index is 0.469. The quantitative estimate of drug-likeness (QED) is 0.291. The van der Waals surface area contributed by atoms with Crippen LogP contribution in [0.1, 0.15) is 18.2 Å². The van der Waals surface area contributed by atoms with E-state index in [9.17, 15) is 0 Å². The van der Waals surface area contributed by atoms with E-state index in [4.69, 9.17) is 11.6 Å². The van der Waals surface area contributed by atoms with Crippen molar-refractivity contribution in [1.82, 2.24) is 4.98 Å². The number of oxime groups is 1. The second-order valence-corrected chi connectivity index (χ2v) is 2.23. The van der Waals surface area contributed by atoms with Gasteiger partial charge in [-0.2, -0.15) is 0 Å². The van der Waals surface area contributed by atoms with Crippen LogP contribution in [0, 0.1) is 12.3 Å². The molecule has 0 aliphatic heterocycles. The number of terminal acetylenes is 1. The predicted octanol–water partition coefficient (Wildman–Crippen LogP) is 1.26. The molecule has 12 heavy (non-hydrogen) atoms. The van der Waals surface area contributed by atoms with Crippen LogP contribution in [0.25, 0.3) is 0 Å². The maximum atomic E-state index is 8.50. The smallest absolute Gasteiger partial charge is 0.122 e. The first kappa shape index (κ1) is 8.28. The molecule has 3 heteroatoms. The van der Waals surface area contributed by atoms with Crippen LogP contribution in [-0.2, 0) is 0 Å². The van der Waals surface area contributed by atoms with E-state index < -0.39 is 0 Å². The Morgan fingerprint density at radius 1 is 1.75 bits per heavy atom. The molecule has 1 rings (SSSR count). The molecule has 0 fully saturated rings. The van der Waals surface area contributed by atoms with Crippen molar-refractivity contribution in [2.24, 2.45) is 5.16 Å². The molecule has 0 saturated carbocycles. The van der Waals surface area contributed by atoms with Gasteiger partial charge in [0.05, 0.1) is 5.71 Å². The molecule has 0 aliphatic rings. The number of rotatable bonds is 1. The van der Waals surface area contributed by atoms with E-state index in [0.29, 0.717) is 17.0 Å². The van der Waals surface area contributed by atoms with Crippen molar-refractivity contribution in [1.29, 1.82) is 0 Å². The first-order valence-corrected chi connectivity index (χ1v) is 3.40. The number of hydrogen-bond donors (Lipinski definition) is 1. The van der Waals surface area contributed by atoms with Crippen LogP contribution in [0.15, 0.2) is 23.5 Å². The zero-order valence-corrected chi connectivity index (χ0v) is 6.65. The minimum atomic E-state index is 0.469. The molecule has 0 aromatic carbocycles. The Hall–Kier alpha value is -1.82. The Morgan fingerprint density at radius 2 is 2.50 bits per heavy atom. The van der Waals surface area contributed by atoms with E-state index in [1.807, 2.05) is 0 Å². The molecule has 0 bridgehead atoms. The lowest BCUT2D eigenvalue weighted by Gasteiger charge is -1.99. The van der Waals surface area contributed by atoms with Gasteiger partial charge < -0.3 is 5.21 Å². The zero-order chi connectivity index (χ0) is 8.97. The maximum absolute atomic E-state index is 8.50. The van der Waals surface area contributed by atoms with Crippen molar-refractivity contribution >= 4 is 5.71 Å². The van der Waals surface area contributed by atoms with Crippen molar-refractivity contribution in [2.75, 3.05) is 0 Å². The van der Waals surface area contributed by atoms with Gasteiger partial charge in [0.2, 0.25) is 0 Å². The highest BCUT2D eigenvalue weighted by Gasteiger charge is 2.02. The second kappa shape index (κ2) is 3.54. The molecule has 1 aromatic rings. The first-order valence-electron chi connectivity index (χ1n) is 3.40. The van der Waals surface area contributed by atoms with Crippen molar-refractivity contribution < 1.29 is 5.21 Å². The van der Waals surface area contributed by atoms with Gasteiger partial charge in [0.15, 0.2) is 0 Å². The molecule has 1 heterocycles. The molecular formula is C9H8N2O. The van der Waals surface area contributed by atoms with Crippen LogP contribution in [0.5, 0.6) is 0 Å². The van der Waals surface area contributed by atoms with Gasteiger partial charge in [0, 0.05) is 11.8 Å². The summed E-state index contributed by atoms with van der Waals surface area (Å²) in [4.78, 5) is 3.94. The molecule has 0 saturated heterocycles. The van der Waals surface area contributed by atoms with Gasteiger partial charge in [-0.1, -0.05) is 5.16 Å².